The van der Waals surface area contributed by atoms with Crippen LogP contribution in [0, 0.1) is 5.92 Å². The van der Waals surface area contributed by atoms with Gasteiger partial charge in [0.2, 0.25) is 11.8 Å². The van der Waals surface area contributed by atoms with Gasteiger partial charge in [0.15, 0.2) is 0 Å². The maximum Gasteiger partial charge on any atom is 0.229 e. The Morgan fingerprint density at radius 1 is 1.22 bits per heavy atom. The monoisotopic (exact) mass is 311 g/mol. The van der Waals surface area contributed by atoms with Crippen LogP contribution in [-0.4, -0.2) is 30.5 Å². The Balaban J connectivity index is 1.67. The van der Waals surface area contributed by atoms with Crippen molar-refractivity contribution >= 4 is 23.2 Å². The summed E-state index contributed by atoms with van der Waals surface area (Å²) >= 11 is 0. The molecule has 118 valence electrons. The van der Waals surface area contributed by atoms with Crippen LogP contribution >= 0.6 is 0 Å². The van der Waals surface area contributed by atoms with Gasteiger partial charge in [-0.3, -0.25) is 14.6 Å². The number of methoxy groups -OCH3 is 1. The van der Waals surface area contributed by atoms with E-state index < -0.39 is 0 Å². The van der Waals surface area contributed by atoms with E-state index in [-0.39, 0.29) is 24.2 Å². The Morgan fingerprint density at radius 3 is 2.57 bits per heavy atom. The standard InChI is InChI=1S/C17H17N3O3/c1-23-15-4-2-14(3-5-15)20-11-12(10-16(20)21)17(22)19-13-6-8-18-9-7-13/h2-9,12H,10-11H2,1H3,(H,18,19,22)/t12-/m0/s1. The summed E-state index contributed by atoms with van der Waals surface area (Å²) in [7, 11) is 1.59. The Kier molecular flexibility index (Phi) is 4.23. The number of carbonyl (C=O) groups excluding carboxylic acids is 2. The minimum absolute atomic E-state index is 0.0509. The first kappa shape index (κ1) is 15.0. The highest BCUT2D eigenvalue weighted by Gasteiger charge is 2.35. The van der Waals surface area contributed by atoms with Crippen molar-refractivity contribution in [2.45, 2.75) is 6.42 Å². The van der Waals surface area contributed by atoms with Crippen molar-refractivity contribution in [3.63, 3.8) is 0 Å². The van der Waals surface area contributed by atoms with Crippen LogP contribution in [0.1, 0.15) is 6.42 Å². The summed E-state index contributed by atoms with van der Waals surface area (Å²) in [5.74, 6) is 0.163. The van der Waals surface area contributed by atoms with Gasteiger partial charge in [-0.1, -0.05) is 0 Å². The van der Waals surface area contributed by atoms with E-state index in [4.69, 9.17) is 4.74 Å². The van der Waals surface area contributed by atoms with Crippen molar-refractivity contribution in [1.29, 1.82) is 0 Å². The predicted molar refractivity (Wildman–Crippen MR) is 86.3 cm³/mol. The van der Waals surface area contributed by atoms with Crippen molar-refractivity contribution in [3.05, 3.63) is 48.8 Å². The fraction of sp³-hybridized carbons (Fsp3) is 0.235. The van der Waals surface area contributed by atoms with Gasteiger partial charge in [0.05, 0.1) is 13.0 Å². The summed E-state index contributed by atoms with van der Waals surface area (Å²) in [6, 6.07) is 10.7. The van der Waals surface area contributed by atoms with E-state index in [1.807, 2.05) is 12.1 Å². The molecule has 1 aromatic heterocycles. The minimum Gasteiger partial charge on any atom is -0.497 e. The van der Waals surface area contributed by atoms with Gasteiger partial charge >= 0.3 is 0 Å². The third kappa shape index (κ3) is 3.31. The van der Waals surface area contributed by atoms with Crippen LogP contribution < -0.4 is 15.0 Å². The van der Waals surface area contributed by atoms with Gasteiger partial charge in [0.25, 0.3) is 0 Å². The maximum absolute atomic E-state index is 12.3. The van der Waals surface area contributed by atoms with Gasteiger partial charge < -0.3 is 15.0 Å². The topological polar surface area (TPSA) is 71.5 Å². The van der Waals surface area contributed by atoms with Crippen LogP contribution in [-0.2, 0) is 9.59 Å². The zero-order valence-corrected chi connectivity index (χ0v) is 12.7. The number of aromatic nitrogens is 1. The first-order valence-electron chi connectivity index (χ1n) is 7.32. The number of nitrogens with one attached hydrogen (secondary N) is 1. The molecule has 3 rings (SSSR count). The molecule has 0 radical (unpaired) electrons. The molecule has 1 aromatic carbocycles. The lowest BCUT2D eigenvalue weighted by Crippen LogP contribution is -2.28. The summed E-state index contributed by atoms with van der Waals surface area (Å²) in [5, 5.41) is 2.82. The zero-order valence-electron chi connectivity index (χ0n) is 12.7. The lowest BCUT2D eigenvalue weighted by Gasteiger charge is -2.17. The number of nitrogens with zero attached hydrogens (tertiary/aromatic N) is 2. The Morgan fingerprint density at radius 2 is 1.91 bits per heavy atom. The quantitative estimate of drug-likeness (QED) is 0.938. The number of pyridine rings is 1. The van der Waals surface area contributed by atoms with Crippen LogP contribution in [0.2, 0.25) is 0 Å². The van der Waals surface area contributed by atoms with Gasteiger partial charge in [-0.2, -0.15) is 0 Å². The third-order valence-corrected chi connectivity index (χ3v) is 3.83. The third-order valence-electron chi connectivity index (χ3n) is 3.83. The molecule has 1 N–H and O–H groups in total. The molecule has 6 heteroatoms. The number of hydrogen-bond donors (Lipinski definition) is 1. The van der Waals surface area contributed by atoms with Gasteiger partial charge in [-0.15, -0.1) is 0 Å². The first-order valence-corrected chi connectivity index (χ1v) is 7.32. The molecule has 23 heavy (non-hydrogen) atoms. The highest BCUT2D eigenvalue weighted by molar-refractivity contribution is 6.03. The number of anilines is 2. The molecule has 1 fully saturated rings. The van der Waals surface area contributed by atoms with Crippen LogP contribution in [0.15, 0.2) is 48.8 Å². The molecule has 2 aromatic rings. The summed E-state index contributed by atoms with van der Waals surface area (Å²) in [4.78, 5) is 30.0. The number of carbonyl (C=O) groups is 2. The molecular formula is C17H17N3O3. The Labute approximate surface area is 134 Å². The van der Waals surface area contributed by atoms with Crippen molar-refractivity contribution in [1.82, 2.24) is 4.98 Å². The van der Waals surface area contributed by atoms with Gasteiger partial charge in [0.1, 0.15) is 5.75 Å². The fourth-order valence-electron chi connectivity index (χ4n) is 2.57. The van der Waals surface area contributed by atoms with Gasteiger partial charge in [-0.25, -0.2) is 0 Å². The summed E-state index contributed by atoms with van der Waals surface area (Å²) in [6.45, 7) is 0.377. The molecule has 0 spiro atoms. The first-order chi connectivity index (χ1) is 11.2. The largest absolute Gasteiger partial charge is 0.497 e. The van der Waals surface area contributed by atoms with Crippen LogP contribution in [0.4, 0.5) is 11.4 Å². The maximum atomic E-state index is 12.3. The minimum atomic E-state index is -0.363. The molecule has 2 heterocycles. The molecule has 1 saturated heterocycles. The molecule has 1 atom stereocenters. The molecule has 0 saturated carbocycles. The van der Waals surface area contributed by atoms with Crippen molar-refractivity contribution < 1.29 is 14.3 Å². The van der Waals surface area contributed by atoms with Crippen molar-refractivity contribution in [3.8, 4) is 5.75 Å². The number of benzene rings is 1. The second-order valence-electron chi connectivity index (χ2n) is 5.33. The summed E-state index contributed by atoms with van der Waals surface area (Å²) in [6.07, 6.45) is 3.43. The van der Waals surface area contributed by atoms with Crippen molar-refractivity contribution in [2.75, 3.05) is 23.9 Å². The van der Waals surface area contributed by atoms with E-state index in [2.05, 4.69) is 10.3 Å². The van der Waals surface area contributed by atoms with Crippen molar-refractivity contribution in [2.24, 2.45) is 5.92 Å². The zero-order chi connectivity index (χ0) is 16.2. The molecule has 0 aliphatic carbocycles. The summed E-state index contributed by atoms with van der Waals surface area (Å²) in [5.41, 5.74) is 1.45. The highest BCUT2D eigenvalue weighted by Crippen LogP contribution is 2.27. The number of amides is 2. The molecule has 1 aliphatic rings. The van der Waals surface area contributed by atoms with E-state index in [1.54, 1.807) is 48.7 Å². The van der Waals surface area contributed by atoms with Crippen LogP contribution in [0.5, 0.6) is 5.75 Å². The van der Waals surface area contributed by atoms with E-state index in [9.17, 15) is 9.59 Å². The number of ether oxygens (including phenoxy) is 1. The molecular weight excluding hydrogens is 294 g/mol. The molecule has 6 nitrogen and oxygen atoms in total. The highest BCUT2D eigenvalue weighted by atomic mass is 16.5. The smallest absolute Gasteiger partial charge is 0.229 e. The van der Waals surface area contributed by atoms with E-state index >= 15 is 0 Å². The molecule has 0 bridgehead atoms. The average molecular weight is 311 g/mol. The Hall–Kier alpha value is -2.89. The van der Waals surface area contributed by atoms with Crippen LogP contribution in [0.3, 0.4) is 0 Å². The lowest BCUT2D eigenvalue weighted by atomic mass is 10.1. The lowest BCUT2D eigenvalue weighted by molar-refractivity contribution is -0.122. The average Bonchev–Trinajstić information content (AvgIpc) is 2.98. The predicted octanol–water partition coefficient (Wildman–Crippen LogP) is 2.08. The number of rotatable bonds is 4. The van der Waals surface area contributed by atoms with Gasteiger partial charge in [0, 0.05) is 36.7 Å². The summed E-state index contributed by atoms with van der Waals surface area (Å²) < 4.78 is 5.11. The molecule has 1 aliphatic heterocycles. The molecule has 0 unspecified atom stereocenters. The Bertz CT molecular complexity index is 701. The van der Waals surface area contributed by atoms with E-state index in [0.29, 0.717) is 12.2 Å². The van der Waals surface area contributed by atoms with Gasteiger partial charge in [-0.05, 0) is 36.4 Å². The number of hydrogen-bond acceptors (Lipinski definition) is 4. The van der Waals surface area contributed by atoms with E-state index in [1.165, 1.54) is 0 Å². The van der Waals surface area contributed by atoms with E-state index in [0.717, 1.165) is 11.4 Å². The SMILES string of the molecule is COc1ccc(N2C[C@@H](C(=O)Nc3ccncc3)CC2=O)cc1. The fourth-order valence-corrected chi connectivity index (χ4v) is 2.57. The second kappa shape index (κ2) is 6.48. The molecule has 2 amide bonds. The van der Waals surface area contributed by atoms with Crippen LogP contribution in [0.25, 0.3) is 0 Å². The second-order valence-corrected chi connectivity index (χ2v) is 5.33. The normalized spacial score (nSPS) is 17.2.